The topological polar surface area (TPSA) is 81.3 Å². The van der Waals surface area contributed by atoms with Crippen molar-refractivity contribution in [3.05, 3.63) is 66.1 Å². The Morgan fingerprint density at radius 3 is 2.76 bits per heavy atom. The predicted octanol–water partition coefficient (Wildman–Crippen LogP) is 3.88. The van der Waals surface area contributed by atoms with E-state index in [-0.39, 0.29) is 12.4 Å². The summed E-state index contributed by atoms with van der Waals surface area (Å²) >= 11 is 1.49. The minimum Gasteiger partial charge on any atom is -0.477 e. The number of nitrogens with two attached hydrogens (primary N) is 1. The number of aromatic nitrogens is 2. The summed E-state index contributed by atoms with van der Waals surface area (Å²) in [6.45, 7) is 0.233. The molecule has 0 spiro atoms. The Hall–Kier alpha value is -3.52. The van der Waals surface area contributed by atoms with Crippen LogP contribution in [0.1, 0.15) is 0 Å². The summed E-state index contributed by atoms with van der Waals surface area (Å²) in [6, 6.07) is 13.7. The van der Waals surface area contributed by atoms with Crippen LogP contribution in [0.4, 0.5) is 15.9 Å². The number of primary amides is 1. The molecule has 5 rings (SSSR count). The second-order valence-corrected chi connectivity index (χ2v) is 7.48. The molecule has 3 heterocycles. The van der Waals surface area contributed by atoms with Crippen molar-refractivity contribution in [3.8, 4) is 16.9 Å². The Morgan fingerprint density at radius 2 is 1.97 bits per heavy atom. The van der Waals surface area contributed by atoms with Gasteiger partial charge in [-0.05, 0) is 29.8 Å². The summed E-state index contributed by atoms with van der Waals surface area (Å²) in [5.74, 6) is 0.375. The maximum absolute atomic E-state index is 13.4. The van der Waals surface area contributed by atoms with Crippen LogP contribution in [0.5, 0.6) is 5.75 Å². The minimum atomic E-state index is -0.803. The summed E-state index contributed by atoms with van der Waals surface area (Å²) in [7, 11) is 0. The molecule has 0 bridgehead atoms. The number of benzene rings is 2. The van der Waals surface area contributed by atoms with Gasteiger partial charge in [0.1, 0.15) is 28.5 Å². The number of rotatable bonds is 3. The van der Waals surface area contributed by atoms with Gasteiger partial charge in [0.25, 0.3) is 5.91 Å². The van der Waals surface area contributed by atoms with Gasteiger partial charge in [0, 0.05) is 10.9 Å². The molecule has 2 N–H and O–H groups in total. The average molecular weight is 406 g/mol. The fourth-order valence-electron chi connectivity index (χ4n) is 3.49. The summed E-state index contributed by atoms with van der Waals surface area (Å²) in [4.78, 5) is 23.5. The number of thiophene rings is 1. The zero-order chi connectivity index (χ0) is 20.0. The predicted molar refractivity (Wildman–Crippen MR) is 110 cm³/mol. The average Bonchev–Trinajstić information content (AvgIpc) is 3.18. The molecule has 29 heavy (non-hydrogen) atoms. The van der Waals surface area contributed by atoms with Gasteiger partial charge in [-0.25, -0.2) is 14.4 Å². The first-order chi connectivity index (χ1) is 14.1. The van der Waals surface area contributed by atoms with Crippen molar-refractivity contribution in [2.24, 2.45) is 5.73 Å². The molecule has 2 aromatic carbocycles. The van der Waals surface area contributed by atoms with E-state index in [0.717, 1.165) is 27.0 Å². The zero-order valence-electron chi connectivity index (χ0n) is 15.1. The van der Waals surface area contributed by atoms with Gasteiger partial charge in [-0.2, -0.15) is 0 Å². The number of para-hydroxylation sites is 2. The van der Waals surface area contributed by atoms with Crippen LogP contribution in [0.3, 0.4) is 0 Å². The number of anilines is 2. The maximum atomic E-state index is 13.4. The highest BCUT2D eigenvalue weighted by molar-refractivity contribution is 7.17. The van der Waals surface area contributed by atoms with E-state index in [1.54, 1.807) is 18.2 Å². The molecule has 0 radical (unpaired) electrons. The first kappa shape index (κ1) is 17.6. The first-order valence-corrected chi connectivity index (χ1v) is 9.80. The molecule has 0 saturated carbocycles. The number of halogens is 1. The van der Waals surface area contributed by atoms with Crippen LogP contribution in [0.15, 0.2) is 60.2 Å². The van der Waals surface area contributed by atoms with E-state index < -0.39 is 12.0 Å². The molecule has 0 unspecified atom stereocenters. The lowest BCUT2D eigenvalue weighted by Crippen LogP contribution is -2.45. The highest BCUT2D eigenvalue weighted by atomic mass is 32.1. The van der Waals surface area contributed by atoms with E-state index in [1.807, 2.05) is 28.5 Å². The second-order valence-electron chi connectivity index (χ2n) is 6.62. The molecule has 1 aliphatic heterocycles. The molecule has 144 valence electrons. The lowest BCUT2D eigenvalue weighted by molar-refractivity contribution is -0.124. The van der Waals surface area contributed by atoms with Crippen molar-refractivity contribution in [2.75, 3.05) is 11.4 Å². The Bertz CT molecular complexity index is 1230. The number of hydrogen-bond acceptors (Lipinski definition) is 6. The Kier molecular flexibility index (Phi) is 4.13. The Balaban J connectivity index is 1.72. The standard InChI is InChI=1S/C21H15FN4O2S/c22-13-7-5-12(6-8-13)14-10-29-21-18(14)20(24-11-25-21)26-9-17(19(23)27)28-16-4-2-1-3-15(16)26/h1-8,10-11,17H,9H2,(H2,23,27)/t17-/m1/s1. The lowest BCUT2D eigenvalue weighted by atomic mass is 10.1. The monoisotopic (exact) mass is 406 g/mol. The van der Waals surface area contributed by atoms with Crippen molar-refractivity contribution in [1.82, 2.24) is 9.97 Å². The minimum absolute atomic E-state index is 0.233. The number of fused-ring (bicyclic) bond motifs is 2. The highest BCUT2D eigenvalue weighted by Gasteiger charge is 2.32. The molecular weight excluding hydrogens is 391 g/mol. The van der Waals surface area contributed by atoms with Crippen LogP contribution in [0, 0.1) is 5.82 Å². The summed E-state index contributed by atoms with van der Waals surface area (Å²) < 4.78 is 19.2. The van der Waals surface area contributed by atoms with Gasteiger partial charge in [-0.15, -0.1) is 11.3 Å². The molecule has 6 nitrogen and oxygen atoms in total. The van der Waals surface area contributed by atoms with Gasteiger partial charge in [-0.1, -0.05) is 24.3 Å². The smallest absolute Gasteiger partial charge is 0.260 e. The number of carbonyl (C=O) groups excluding carboxylic acids is 1. The van der Waals surface area contributed by atoms with E-state index in [1.165, 1.54) is 29.8 Å². The van der Waals surface area contributed by atoms with E-state index in [0.29, 0.717) is 11.6 Å². The summed E-state index contributed by atoms with van der Waals surface area (Å²) in [5.41, 5.74) is 8.09. The van der Waals surface area contributed by atoms with Gasteiger partial charge in [0.05, 0.1) is 17.6 Å². The van der Waals surface area contributed by atoms with Gasteiger partial charge in [0.2, 0.25) is 0 Å². The normalized spacial score (nSPS) is 15.8. The van der Waals surface area contributed by atoms with Crippen LogP contribution >= 0.6 is 11.3 Å². The zero-order valence-corrected chi connectivity index (χ0v) is 15.9. The van der Waals surface area contributed by atoms with Crippen LogP contribution in [-0.4, -0.2) is 28.5 Å². The quantitative estimate of drug-likeness (QED) is 0.558. The first-order valence-electron chi connectivity index (χ1n) is 8.92. The van der Waals surface area contributed by atoms with Crippen molar-refractivity contribution in [1.29, 1.82) is 0 Å². The van der Waals surface area contributed by atoms with Gasteiger partial charge < -0.3 is 15.4 Å². The number of nitrogens with zero attached hydrogens (tertiary/aromatic N) is 3. The summed E-state index contributed by atoms with van der Waals surface area (Å²) in [5, 5.41) is 2.82. The van der Waals surface area contributed by atoms with E-state index in [2.05, 4.69) is 9.97 Å². The van der Waals surface area contributed by atoms with Crippen molar-refractivity contribution in [2.45, 2.75) is 6.10 Å². The van der Waals surface area contributed by atoms with Crippen LogP contribution < -0.4 is 15.4 Å². The van der Waals surface area contributed by atoms with E-state index in [4.69, 9.17) is 10.5 Å². The molecule has 2 aromatic heterocycles. The molecule has 1 atom stereocenters. The van der Waals surface area contributed by atoms with Crippen molar-refractivity contribution in [3.63, 3.8) is 0 Å². The van der Waals surface area contributed by atoms with Gasteiger partial charge >= 0.3 is 0 Å². The third-order valence-electron chi connectivity index (χ3n) is 4.85. The highest BCUT2D eigenvalue weighted by Crippen LogP contribution is 2.43. The molecule has 1 aliphatic rings. The fourth-order valence-corrected chi connectivity index (χ4v) is 4.40. The van der Waals surface area contributed by atoms with E-state index >= 15 is 0 Å². The molecule has 1 amide bonds. The molecule has 0 fully saturated rings. The van der Waals surface area contributed by atoms with Crippen LogP contribution in [0.25, 0.3) is 21.3 Å². The lowest BCUT2D eigenvalue weighted by Gasteiger charge is -2.34. The molecule has 0 saturated heterocycles. The molecule has 0 aliphatic carbocycles. The van der Waals surface area contributed by atoms with Gasteiger partial charge in [-0.3, -0.25) is 4.79 Å². The number of ether oxygens (including phenoxy) is 1. The third kappa shape index (κ3) is 2.98. The van der Waals surface area contributed by atoms with Gasteiger partial charge in [0.15, 0.2) is 6.10 Å². The Labute approximate surface area is 169 Å². The number of hydrogen-bond donors (Lipinski definition) is 1. The van der Waals surface area contributed by atoms with Crippen molar-refractivity contribution < 1.29 is 13.9 Å². The number of amides is 1. The van der Waals surface area contributed by atoms with Crippen molar-refractivity contribution >= 4 is 39.0 Å². The largest absolute Gasteiger partial charge is 0.477 e. The SMILES string of the molecule is NC(=O)[C@H]1CN(c2ncnc3scc(-c4ccc(F)cc4)c23)c2ccccc2O1. The van der Waals surface area contributed by atoms with Crippen LogP contribution in [0.2, 0.25) is 0 Å². The number of carbonyl (C=O) groups is 1. The van der Waals surface area contributed by atoms with Crippen LogP contribution in [-0.2, 0) is 4.79 Å². The molecular formula is C21H15FN4O2S. The third-order valence-corrected chi connectivity index (χ3v) is 5.74. The van der Waals surface area contributed by atoms with E-state index in [9.17, 15) is 9.18 Å². The molecule has 8 heteroatoms. The maximum Gasteiger partial charge on any atom is 0.260 e. The second kappa shape index (κ2) is 6.82. The fraction of sp³-hybridized carbons (Fsp3) is 0.0952. The molecule has 4 aromatic rings. The Morgan fingerprint density at radius 1 is 1.17 bits per heavy atom. The summed E-state index contributed by atoms with van der Waals surface area (Å²) in [6.07, 6.45) is 0.697.